The van der Waals surface area contributed by atoms with Crippen molar-refractivity contribution in [2.75, 3.05) is 17.2 Å². The summed E-state index contributed by atoms with van der Waals surface area (Å²) in [6.07, 6.45) is 2.56. The third kappa shape index (κ3) is 1.88. The fourth-order valence-corrected chi connectivity index (χ4v) is 3.92. The minimum absolute atomic E-state index is 0.624. The Morgan fingerprint density at radius 2 is 2.11 bits per heavy atom. The summed E-state index contributed by atoms with van der Waals surface area (Å²) in [5, 5.41) is 4.42. The van der Waals surface area contributed by atoms with E-state index < -0.39 is 0 Å². The molecule has 3 rings (SSSR count). The minimum Gasteiger partial charge on any atom is -0.369 e. The monoisotopic (exact) mass is 265 g/mol. The summed E-state index contributed by atoms with van der Waals surface area (Å²) >= 11 is 2.05. The number of fused-ring (bicyclic) bond motifs is 1. The van der Waals surface area contributed by atoms with Crippen LogP contribution in [0.25, 0.3) is 11.2 Å². The van der Waals surface area contributed by atoms with Crippen LogP contribution in [0.15, 0.2) is 0 Å². The van der Waals surface area contributed by atoms with Crippen LogP contribution in [0.2, 0.25) is 0 Å². The molecule has 2 N–H and O–H groups in total. The molecule has 2 aromatic heterocycles. The molecule has 5 nitrogen and oxygen atoms in total. The molecule has 0 unspecified atom stereocenters. The Labute approximate surface area is 111 Å². The molecule has 0 spiro atoms. The third-order valence-corrected chi connectivity index (χ3v) is 4.75. The van der Waals surface area contributed by atoms with Gasteiger partial charge in [-0.3, -0.25) is 9.25 Å². The Bertz CT molecular complexity index is 565. The number of hydrogen-bond donors (Lipinski definition) is 1. The number of nitrogen functional groups attached to an aromatic ring is 1. The normalized spacial score (nSPS) is 17.7. The van der Waals surface area contributed by atoms with Crippen LogP contribution in [0, 0.1) is 12.8 Å². The quantitative estimate of drug-likeness (QED) is 0.899. The number of hydrogen-bond acceptors (Lipinski definition) is 4. The Balaban J connectivity index is 1.97. The highest BCUT2D eigenvalue weighted by atomic mass is 32.2. The largest absolute Gasteiger partial charge is 0.369 e. The second kappa shape index (κ2) is 4.50. The minimum atomic E-state index is 0.624. The Morgan fingerprint density at radius 3 is 2.83 bits per heavy atom. The molecule has 1 aliphatic heterocycles. The van der Waals surface area contributed by atoms with Crippen LogP contribution in [0.4, 0.5) is 5.95 Å². The van der Waals surface area contributed by atoms with E-state index in [1.165, 1.54) is 24.3 Å². The number of aryl methyl sites for hydroxylation is 2. The van der Waals surface area contributed by atoms with E-state index in [0.717, 1.165) is 29.3 Å². The SMILES string of the molecule is Cc1nn(C)c2c1nc(N)n2CC1CCSCC1. The molecular weight excluding hydrogens is 246 g/mol. The van der Waals surface area contributed by atoms with Gasteiger partial charge in [0.05, 0.1) is 5.69 Å². The van der Waals surface area contributed by atoms with Crippen molar-refractivity contribution in [3.8, 4) is 0 Å². The van der Waals surface area contributed by atoms with Gasteiger partial charge in [-0.2, -0.15) is 16.9 Å². The maximum absolute atomic E-state index is 6.06. The lowest BCUT2D eigenvalue weighted by atomic mass is 10.0. The van der Waals surface area contributed by atoms with E-state index in [2.05, 4.69) is 26.4 Å². The molecule has 3 heterocycles. The van der Waals surface area contributed by atoms with E-state index in [-0.39, 0.29) is 0 Å². The van der Waals surface area contributed by atoms with Gasteiger partial charge in [0.2, 0.25) is 5.95 Å². The van der Waals surface area contributed by atoms with Crippen LogP contribution in [0.5, 0.6) is 0 Å². The van der Waals surface area contributed by atoms with Crippen molar-refractivity contribution in [1.29, 1.82) is 0 Å². The average molecular weight is 265 g/mol. The molecule has 1 saturated heterocycles. The lowest BCUT2D eigenvalue weighted by Crippen LogP contribution is -2.18. The first-order chi connectivity index (χ1) is 8.66. The van der Waals surface area contributed by atoms with Gasteiger partial charge in [-0.05, 0) is 37.2 Å². The van der Waals surface area contributed by atoms with Crippen LogP contribution in [-0.2, 0) is 13.6 Å². The Morgan fingerprint density at radius 1 is 1.39 bits per heavy atom. The molecule has 0 saturated carbocycles. The summed E-state index contributed by atoms with van der Waals surface area (Å²) in [5.74, 6) is 3.89. The Hall–Kier alpha value is -1.17. The fourth-order valence-electron chi connectivity index (χ4n) is 2.72. The molecule has 1 aliphatic rings. The molecule has 0 aromatic carbocycles. The molecule has 0 radical (unpaired) electrons. The molecule has 0 aliphatic carbocycles. The van der Waals surface area contributed by atoms with Crippen molar-refractivity contribution in [2.24, 2.45) is 13.0 Å². The van der Waals surface area contributed by atoms with E-state index in [0.29, 0.717) is 5.95 Å². The van der Waals surface area contributed by atoms with Gasteiger partial charge in [0.15, 0.2) is 5.65 Å². The summed E-state index contributed by atoms with van der Waals surface area (Å²) in [5.41, 5.74) is 9.02. The summed E-state index contributed by atoms with van der Waals surface area (Å²) in [6, 6.07) is 0. The van der Waals surface area contributed by atoms with Gasteiger partial charge in [-0.15, -0.1) is 0 Å². The molecule has 0 atom stereocenters. The number of nitrogens with zero attached hydrogens (tertiary/aromatic N) is 4. The van der Waals surface area contributed by atoms with Gasteiger partial charge in [0.1, 0.15) is 5.52 Å². The lowest BCUT2D eigenvalue weighted by molar-refractivity contribution is 0.422. The van der Waals surface area contributed by atoms with E-state index in [1.54, 1.807) is 0 Å². The van der Waals surface area contributed by atoms with Gasteiger partial charge in [0, 0.05) is 13.6 Å². The zero-order valence-electron chi connectivity index (χ0n) is 10.9. The van der Waals surface area contributed by atoms with E-state index in [9.17, 15) is 0 Å². The molecule has 0 bridgehead atoms. The zero-order valence-corrected chi connectivity index (χ0v) is 11.7. The van der Waals surface area contributed by atoms with Crippen LogP contribution in [0.3, 0.4) is 0 Å². The molecule has 0 amide bonds. The highest BCUT2D eigenvalue weighted by Crippen LogP contribution is 2.27. The molecule has 6 heteroatoms. The number of anilines is 1. The third-order valence-electron chi connectivity index (χ3n) is 3.70. The first-order valence-electron chi connectivity index (χ1n) is 6.40. The first kappa shape index (κ1) is 11.9. The van der Waals surface area contributed by atoms with Gasteiger partial charge in [-0.25, -0.2) is 4.98 Å². The first-order valence-corrected chi connectivity index (χ1v) is 7.55. The summed E-state index contributed by atoms with van der Waals surface area (Å²) in [6.45, 7) is 2.96. The van der Waals surface area contributed by atoms with Crippen molar-refractivity contribution >= 4 is 28.9 Å². The number of rotatable bonds is 2. The van der Waals surface area contributed by atoms with Gasteiger partial charge >= 0.3 is 0 Å². The van der Waals surface area contributed by atoms with Crippen molar-refractivity contribution < 1.29 is 0 Å². The van der Waals surface area contributed by atoms with Crippen LogP contribution in [-0.4, -0.2) is 30.8 Å². The zero-order chi connectivity index (χ0) is 12.7. The lowest BCUT2D eigenvalue weighted by Gasteiger charge is -2.22. The van der Waals surface area contributed by atoms with Crippen molar-refractivity contribution in [3.05, 3.63) is 5.69 Å². The second-order valence-electron chi connectivity index (χ2n) is 5.02. The summed E-state index contributed by atoms with van der Waals surface area (Å²) in [4.78, 5) is 4.45. The van der Waals surface area contributed by atoms with Gasteiger partial charge < -0.3 is 5.73 Å². The maximum Gasteiger partial charge on any atom is 0.202 e. The molecule has 18 heavy (non-hydrogen) atoms. The van der Waals surface area contributed by atoms with Crippen molar-refractivity contribution in [2.45, 2.75) is 26.3 Å². The van der Waals surface area contributed by atoms with Crippen LogP contribution in [0.1, 0.15) is 18.5 Å². The van der Waals surface area contributed by atoms with E-state index in [4.69, 9.17) is 5.73 Å². The smallest absolute Gasteiger partial charge is 0.202 e. The number of thioether (sulfide) groups is 1. The molecule has 98 valence electrons. The van der Waals surface area contributed by atoms with Crippen LogP contribution < -0.4 is 5.73 Å². The fraction of sp³-hybridized carbons (Fsp3) is 0.667. The Kier molecular flexibility index (Phi) is 2.97. The number of imidazole rings is 1. The van der Waals surface area contributed by atoms with E-state index in [1.807, 2.05) is 18.7 Å². The molecular formula is C12H19N5S. The predicted octanol–water partition coefficient (Wildman–Crippen LogP) is 1.80. The van der Waals surface area contributed by atoms with Crippen molar-refractivity contribution in [1.82, 2.24) is 19.3 Å². The van der Waals surface area contributed by atoms with Gasteiger partial charge in [0.25, 0.3) is 0 Å². The molecule has 2 aromatic rings. The second-order valence-corrected chi connectivity index (χ2v) is 6.24. The predicted molar refractivity (Wildman–Crippen MR) is 75.7 cm³/mol. The summed E-state index contributed by atoms with van der Waals surface area (Å²) in [7, 11) is 1.96. The van der Waals surface area contributed by atoms with Crippen LogP contribution >= 0.6 is 11.8 Å². The number of nitrogens with two attached hydrogens (primary N) is 1. The number of aromatic nitrogens is 4. The van der Waals surface area contributed by atoms with Crippen molar-refractivity contribution in [3.63, 3.8) is 0 Å². The topological polar surface area (TPSA) is 61.7 Å². The highest BCUT2D eigenvalue weighted by molar-refractivity contribution is 7.99. The maximum atomic E-state index is 6.06. The van der Waals surface area contributed by atoms with E-state index >= 15 is 0 Å². The standard InChI is InChI=1S/C12H19N5S/c1-8-10-11(16(2)15-8)17(12(13)14-10)7-9-3-5-18-6-4-9/h9H,3-7H2,1-2H3,(H2,13,14). The average Bonchev–Trinajstić information content (AvgIpc) is 2.81. The highest BCUT2D eigenvalue weighted by Gasteiger charge is 2.20. The summed E-state index contributed by atoms with van der Waals surface area (Å²) < 4.78 is 4.03. The molecule has 1 fully saturated rings. The van der Waals surface area contributed by atoms with Gasteiger partial charge in [-0.1, -0.05) is 0 Å².